The van der Waals surface area contributed by atoms with Crippen molar-refractivity contribution in [3.8, 4) is 17.0 Å². The monoisotopic (exact) mass is 296 g/mol. The fourth-order valence-electron chi connectivity index (χ4n) is 2.04. The number of aromatic nitrogens is 1. The Bertz CT molecular complexity index is 888. The second-order valence-corrected chi connectivity index (χ2v) is 4.62. The van der Waals surface area contributed by atoms with Crippen LogP contribution in [0.15, 0.2) is 57.9 Å². The lowest BCUT2D eigenvalue weighted by atomic mass is 10.1. The lowest BCUT2D eigenvalue weighted by Crippen LogP contribution is -2.19. The number of nitrogens with zero attached hydrogens (tertiary/aromatic N) is 1. The Hall–Kier alpha value is -3.15. The minimum absolute atomic E-state index is 0.234. The number of fused-ring (bicyclic) bond motifs is 1. The molecule has 22 heavy (non-hydrogen) atoms. The van der Waals surface area contributed by atoms with Crippen LogP contribution in [0.4, 0.5) is 0 Å². The molecule has 3 aromatic rings. The van der Waals surface area contributed by atoms with E-state index in [2.05, 4.69) is 4.98 Å². The van der Waals surface area contributed by atoms with Crippen LogP contribution in [0.25, 0.3) is 22.2 Å². The molecule has 0 saturated carbocycles. The minimum Gasteiger partial charge on any atom is -0.484 e. The molecule has 0 spiro atoms. The summed E-state index contributed by atoms with van der Waals surface area (Å²) in [5.41, 5.74) is 5.83. The predicted octanol–water partition coefficient (Wildman–Crippen LogP) is 1.72. The number of carbonyl (C=O) groups excluding carboxylic acids is 1. The number of hydrogen-bond donors (Lipinski definition) is 1. The van der Waals surface area contributed by atoms with Gasteiger partial charge >= 0.3 is 5.63 Å². The number of ether oxygens (including phenoxy) is 1. The van der Waals surface area contributed by atoms with Gasteiger partial charge in [-0.15, -0.1) is 0 Å². The van der Waals surface area contributed by atoms with E-state index >= 15 is 0 Å². The van der Waals surface area contributed by atoms with Crippen molar-refractivity contribution in [1.82, 2.24) is 4.98 Å². The van der Waals surface area contributed by atoms with Gasteiger partial charge in [0.15, 0.2) is 6.61 Å². The van der Waals surface area contributed by atoms with Crippen LogP contribution >= 0.6 is 0 Å². The van der Waals surface area contributed by atoms with Crippen molar-refractivity contribution in [2.24, 2.45) is 5.73 Å². The van der Waals surface area contributed by atoms with Gasteiger partial charge in [0.1, 0.15) is 11.3 Å². The van der Waals surface area contributed by atoms with Gasteiger partial charge in [0.05, 0.1) is 11.3 Å². The van der Waals surface area contributed by atoms with Gasteiger partial charge in [0.25, 0.3) is 5.91 Å². The van der Waals surface area contributed by atoms with E-state index in [1.807, 2.05) is 0 Å². The first-order chi connectivity index (χ1) is 10.6. The Balaban J connectivity index is 2.03. The molecule has 110 valence electrons. The van der Waals surface area contributed by atoms with Crippen LogP contribution in [0.2, 0.25) is 0 Å². The van der Waals surface area contributed by atoms with Crippen molar-refractivity contribution in [2.75, 3.05) is 6.61 Å². The van der Waals surface area contributed by atoms with Crippen LogP contribution in [0.5, 0.6) is 5.75 Å². The van der Waals surface area contributed by atoms with Crippen molar-refractivity contribution < 1.29 is 13.9 Å². The maximum atomic E-state index is 12.1. The zero-order valence-electron chi connectivity index (χ0n) is 11.5. The summed E-state index contributed by atoms with van der Waals surface area (Å²) in [7, 11) is 0. The molecule has 0 aliphatic heterocycles. The Morgan fingerprint density at radius 3 is 2.82 bits per heavy atom. The number of carbonyl (C=O) groups is 1. The lowest BCUT2D eigenvalue weighted by Gasteiger charge is -2.05. The Morgan fingerprint density at radius 1 is 1.23 bits per heavy atom. The van der Waals surface area contributed by atoms with Gasteiger partial charge in [-0.05, 0) is 30.3 Å². The molecule has 0 unspecified atom stereocenters. The third-order valence-corrected chi connectivity index (χ3v) is 3.03. The van der Waals surface area contributed by atoms with Crippen molar-refractivity contribution in [3.63, 3.8) is 0 Å². The minimum atomic E-state index is -0.577. The molecule has 1 aromatic carbocycles. The van der Waals surface area contributed by atoms with Crippen molar-refractivity contribution in [1.29, 1.82) is 0 Å². The highest BCUT2D eigenvalue weighted by Crippen LogP contribution is 2.23. The van der Waals surface area contributed by atoms with E-state index < -0.39 is 11.5 Å². The standard InChI is InChI=1S/C16H12N2O4/c17-15(19)9-21-11-5-4-10-7-12(13-3-1-2-6-18-13)16(20)22-14(10)8-11/h1-8H,9H2,(H2,17,19). The van der Waals surface area contributed by atoms with E-state index in [-0.39, 0.29) is 6.61 Å². The molecule has 3 rings (SSSR count). The molecule has 2 N–H and O–H groups in total. The third-order valence-electron chi connectivity index (χ3n) is 3.03. The number of amides is 1. The van der Waals surface area contributed by atoms with Crippen molar-refractivity contribution in [2.45, 2.75) is 0 Å². The Kier molecular flexibility index (Phi) is 3.57. The average molecular weight is 296 g/mol. The van der Waals surface area contributed by atoms with Crippen LogP contribution < -0.4 is 16.1 Å². The summed E-state index contributed by atoms with van der Waals surface area (Å²) in [5.74, 6) is -0.174. The van der Waals surface area contributed by atoms with E-state index in [1.54, 1.807) is 48.7 Å². The highest BCUT2D eigenvalue weighted by Gasteiger charge is 2.09. The highest BCUT2D eigenvalue weighted by atomic mass is 16.5. The third kappa shape index (κ3) is 2.80. The van der Waals surface area contributed by atoms with Crippen molar-refractivity contribution >= 4 is 16.9 Å². The van der Waals surface area contributed by atoms with Crippen LogP contribution in [-0.2, 0) is 4.79 Å². The molecule has 2 aromatic heterocycles. The molecule has 6 nitrogen and oxygen atoms in total. The van der Waals surface area contributed by atoms with Gasteiger partial charge in [0, 0.05) is 17.6 Å². The summed E-state index contributed by atoms with van der Waals surface area (Å²) < 4.78 is 10.5. The number of pyridine rings is 1. The summed E-state index contributed by atoms with van der Waals surface area (Å²) in [5, 5.41) is 0.728. The second-order valence-electron chi connectivity index (χ2n) is 4.62. The molecule has 0 fully saturated rings. The number of benzene rings is 1. The van der Waals surface area contributed by atoms with E-state index in [4.69, 9.17) is 14.9 Å². The quantitative estimate of drug-likeness (QED) is 0.739. The molecule has 0 atom stereocenters. The fraction of sp³-hybridized carbons (Fsp3) is 0.0625. The molecule has 1 amide bonds. The predicted molar refractivity (Wildman–Crippen MR) is 80.4 cm³/mol. The van der Waals surface area contributed by atoms with Gasteiger partial charge in [-0.1, -0.05) is 6.07 Å². The first-order valence-electron chi connectivity index (χ1n) is 6.54. The number of rotatable bonds is 4. The lowest BCUT2D eigenvalue weighted by molar-refractivity contribution is -0.119. The smallest absolute Gasteiger partial charge is 0.345 e. The molecule has 0 bridgehead atoms. The summed E-state index contributed by atoms with van der Waals surface area (Å²) in [6.07, 6.45) is 1.61. The van der Waals surface area contributed by atoms with Crippen LogP contribution in [-0.4, -0.2) is 17.5 Å². The molecular weight excluding hydrogens is 284 g/mol. The molecule has 6 heteroatoms. The number of nitrogens with two attached hydrogens (primary N) is 1. The zero-order valence-corrected chi connectivity index (χ0v) is 11.5. The van der Waals surface area contributed by atoms with Crippen LogP contribution in [0, 0.1) is 0 Å². The van der Waals surface area contributed by atoms with Crippen molar-refractivity contribution in [3.05, 3.63) is 59.1 Å². The topological polar surface area (TPSA) is 95.4 Å². The van der Waals surface area contributed by atoms with Crippen LogP contribution in [0.3, 0.4) is 0 Å². The largest absolute Gasteiger partial charge is 0.484 e. The normalized spacial score (nSPS) is 10.5. The summed E-state index contributed by atoms with van der Waals surface area (Å²) in [4.78, 5) is 26.9. The average Bonchev–Trinajstić information content (AvgIpc) is 2.53. The maximum absolute atomic E-state index is 12.1. The van der Waals surface area contributed by atoms with Gasteiger partial charge in [0.2, 0.25) is 0 Å². The Labute approximate surface area is 125 Å². The van der Waals surface area contributed by atoms with Crippen LogP contribution in [0.1, 0.15) is 0 Å². The second kappa shape index (κ2) is 5.69. The summed E-state index contributed by atoms with van der Waals surface area (Å²) in [6, 6.07) is 12.0. The summed E-state index contributed by atoms with van der Waals surface area (Å²) >= 11 is 0. The van der Waals surface area contributed by atoms with Gasteiger partial charge in [-0.25, -0.2) is 4.79 Å². The van der Waals surface area contributed by atoms with Gasteiger partial charge < -0.3 is 14.9 Å². The summed E-state index contributed by atoms with van der Waals surface area (Å²) in [6.45, 7) is -0.234. The van der Waals surface area contributed by atoms with E-state index in [9.17, 15) is 9.59 Å². The van der Waals surface area contributed by atoms with E-state index in [1.165, 1.54) is 0 Å². The maximum Gasteiger partial charge on any atom is 0.345 e. The highest BCUT2D eigenvalue weighted by molar-refractivity contribution is 5.82. The van der Waals surface area contributed by atoms with E-state index in [0.29, 0.717) is 22.6 Å². The first kappa shape index (κ1) is 13.8. The molecule has 0 aliphatic carbocycles. The SMILES string of the molecule is NC(=O)COc1ccc2cc(-c3ccccn3)c(=O)oc2c1. The number of primary amides is 1. The number of hydrogen-bond acceptors (Lipinski definition) is 5. The Morgan fingerprint density at radius 2 is 2.09 bits per heavy atom. The zero-order chi connectivity index (χ0) is 15.5. The molecule has 2 heterocycles. The first-order valence-corrected chi connectivity index (χ1v) is 6.54. The molecule has 0 saturated heterocycles. The molecule has 0 radical (unpaired) electrons. The van der Waals surface area contributed by atoms with Gasteiger partial charge in [-0.3, -0.25) is 9.78 Å². The van der Waals surface area contributed by atoms with Gasteiger partial charge in [-0.2, -0.15) is 0 Å². The fourth-order valence-corrected chi connectivity index (χ4v) is 2.04. The molecular formula is C16H12N2O4. The van der Waals surface area contributed by atoms with E-state index in [0.717, 1.165) is 5.39 Å². The molecule has 0 aliphatic rings.